The Morgan fingerprint density at radius 1 is 1.30 bits per heavy atom. The molecule has 0 aromatic heterocycles. The Bertz CT molecular complexity index is 813. The number of benzene rings is 2. The van der Waals surface area contributed by atoms with Gasteiger partial charge in [-0.05, 0) is 42.5 Å². The monoisotopic (exact) mass is 389 g/mol. The summed E-state index contributed by atoms with van der Waals surface area (Å²) in [6.45, 7) is 0.587. The number of anilines is 2. The molecular weight excluding hydrogens is 370 g/mol. The van der Waals surface area contributed by atoms with E-state index in [0.717, 1.165) is 11.4 Å². The fourth-order valence-electron chi connectivity index (χ4n) is 2.71. The Kier molecular flexibility index (Phi) is 6.16. The first kappa shape index (κ1) is 19.0. The molecule has 0 bridgehead atoms. The molecule has 8 heteroatoms. The minimum absolute atomic E-state index is 0.0334. The molecule has 0 spiro atoms. The van der Waals surface area contributed by atoms with Crippen LogP contribution in [0.25, 0.3) is 0 Å². The van der Waals surface area contributed by atoms with Crippen molar-refractivity contribution in [3.8, 4) is 5.75 Å². The van der Waals surface area contributed by atoms with E-state index < -0.39 is 0 Å². The van der Waals surface area contributed by atoms with Crippen molar-refractivity contribution in [1.82, 2.24) is 5.32 Å². The van der Waals surface area contributed by atoms with E-state index in [9.17, 15) is 9.59 Å². The largest absolute Gasteiger partial charge is 0.497 e. The molecule has 7 nitrogen and oxygen atoms in total. The predicted molar refractivity (Wildman–Crippen MR) is 104 cm³/mol. The van der Waals surface area contributed by atoms with Crippen molar-refractivity contribution in [3.05, 3.63) is 53.6 Å². The molecule has 1 aliphatic heterocycles. The quantitative estimate of drug-likeness (QED) is 0.824. The van der Waals surface area contributed by atoms with Gasteiger partial charge in [0, 0.05) is 22.9 Å². The summed E-state index contributed by atoms with van der Waals surface area (Å²) >= 11 is 5.90. The number of rotatable bonds is 5. The van der Waals surface area contributed by atoms with Crippen LogP contribution in [0.1, 0.15) is 0 Å². The van der Waals surface area contributed by atoms with E-state index >= 15 is 0 Å². The van der Waals surface area contributed by atoms with Gasteiger partial charge in [0.2, 0.25) is 0 Å². The van der Waals surface area contributed by atoms with Crippen molar-refractivity contribution in [1.29, 1.82) is 0 Å². The molecule has 1 atom stereocenters. The number of halogens is 1. The van der Waals surface area contributed by atoms with Gasteiger partial charge in [0.25, 0.3) is 5.91 Å². The molecule has 0 saturated carbocycles. The van der Waals surface area contributed by atoms with E-state index in [1.165, 1.54) is 0 Å². The molecule has 142 valence electrons. The van der Waals surface area contributed by atoms with Crippen molar-refractivity contribution in [2.45, 2.75) is 6.10 Å². The van der Waals surface area contributed by atoms with Gasteiger partial charge in [0.1, 0.15) is 12.4 Å². The lowest BCUT2D eigenvalue weighted by Gasteiger charge is -2.33. The summed E-state index contributed by atoms with van der Waals surface area (Å²) in [6, 6.07) is 13.7. The number of carbonyl (C=O) groups excluding carboxylic acids is 2. The van der Waals surface area contributed by atoms with Crippen LogP contribution in [0.4, 0.5) is 16.2 Å². The van der Waals surface area contributed by atoms with Gasteiger partial charge in [-0.3, -0.25) is 4.79 Å². The van der Waals surface area contributed by atoms with Crippen LogP contribution in [0, 0.1) is 0 Å². The molecule has 0 radical (unpaired) electrons. The van der Waals surface area contributed by atoms with Gasteiger partial charge in [0.05, 0.1) is 19.8 Å². The lowest BCUT2D eigenvalue weighted by atomic mass is 10.2. The van der Waals surface area contributed by atoms with Gasteiger partial charge < -0.3 is 25.0 Å². The predicted octanol–water partition coefficient (Wildman–Crippen LogP) is 2.90. The second-order valence-electron chi connectivity index (χ2n) is 5.98. The van der Waals surface area contributed by atoms with Crippen LogP contribution in [0.5, 0.6) is 5.75 Å². The number of hydrogen-bond donors (Lipinski definition) is 2. The standard InChI is InChI=1S/C19H20ClN3O4/c1-26-16-7-5-15(6-8-16)23-11-17(27-12-18(23)24)10-21-19(25)22-14-4-2-3-13(20)9-14/h2-9,17H,10-12H2,1H3,(H2,21,22,25). The second kappa shape index (κ2) is 8.75. The van der Waals surface area contributed by atoms with Gasteiger partial charge in [-0.25, -0.2) is 4.79 Å². The van der Waals surface area contributed by atoms with E-state index in [-0.39, 0.29) is 31.2 Å². The van der Waals surface area contributed by atoms with Crippen LogP contribution in [0.3, 0.4) is 0 Å². The first-order chi connectivity index (χ1) is 13.0. The lowest BCUT2D eigenvalue weighted by molar-refractivity contribution is -0.129. The van der Waals surface area contributed by atoms with Gasteiger partial charge in [-0.2, -0.15) is 0 Å². The average Bonchev–Trinajstić information content (AvgIpc) is 2.67. The third-order valence-electron chi connectivity index (χ3n) is 4.09. The Hall–Kier alpha value is -2.77. The van der Waals surface area contributed by atoms with Crippen LogP contribution >= 0.6 is 11.6 Å². The zero-order valence-electron chi connectivity index (χ0n) is 14.8. The second-order valence-corrected chi connectivity index (χ2v) is 6.42. The Morgan fingerprint density at radius 2 is 2.07 bits per heavy atom. The SMILES string of the molecule is COc1ccc(N2CC(CNC(=O)Nc3cccc(Cl)c3)OCC2=O)cc1. The van der Waals surface area contributed by atoms with Crippen LogP contribution in [-0.2, 0) is 9.53 Å². The van der Waals surface area contributed by atoms with Crippen molar-refractivity contribution in [3.63, 3.8) is 0 Å². The number of methoxy groups -OCH3 is 1. The number of nitrogens with one attached hydrogen (secondary N) is 2. The number of ether oxygens (including phenoxy) is 2. The summed E-state index contributed by atoms with van der Waals surface area (Å²) in [4.78, 5) is 25.8. The Balaban J connectivity index is 1.54. The Labute approximate surface area is 162 Å². The Morgan fingerprint density at radius 3 is 2.78 bits per heavy atom. The summed E-state index contributed by atoms with van der Waals surface area (Å²) in [5.41, 5.74) is 1.36. The topological polar surface area (TPSA) is 79.9 Å². The highest BCUT2D eigenvalue weighted by Crippen LogP contribution is 2.22. The molecule has 1 saturated heterocycles. The molecular formula is C19H20ClN3O4. The summed E-state index contributed by atoms with van der Waals surface area (Å²) in [6.07, 6.45) is -0.310. The minimum Gasteiger partial charge on any atom is -0.497 e. The van der Waals surface area contributed by atoms with E-state index in [1.54, 1.807) is 48.4 Å². The minimum atomic E-state index is -0.367. The number of hydrogen-bond acceptors (Lipinski definition) is 4. The first-order valence-corrected chi connectivity index (χ1v) is 8.79. The van der Waals surface area contributed by atoms with E-state index in [2.05, 4.69) is 10.6 Å². The highest BCUT2D eigenvalue weighted by molar-refractivity contribution is 6.30. The van der Waals surface area contributed by atoms with E-state index in [1.807, 2.05) is 12.1 Å². The van der Waals surface area contributed by atoms with Crippen molar-refractivity contribution in [2.24, 2.45) is 0 Å². The van der Waals surface area contributed by atoms with Crippen LogP contribution in [0.2, 0.25) is 5.02 Å². The summed E-state index contributed by atoms with van der Waals surface area (Å²) in [5, 5.41) is 5.99. The molecule has 1 fully saturated rings. The van der Waals surface area contributed by atoms with Crippen molar-refractivity contribution < 1.29 is 19.1 Å². The number of carbonyl (C=O) groups is 2. The third-order valence-corrected chi connectivity index (χ3v) is 4.32. The molecule has 1 aliphatic rings. The number of amides is 3. The molecule has 2 aromatic rings. The fourth-order valence-corrected chi connectivity index (χ4v) is 2.90. The molecule has 3 amide bonds. The molecule has 2 N–H and O–H groups in total. The van der Waals surface area contributed by atoms with Gasteiger partial charge in [0.15, 0.2) is 0 Å². The smallest absolute Gasteiger partial charge is 0.319 e. The molecule has 27 heavy (non-hydrogen) atoms. The maximum absolute atomic E-state index is 12.2. The maximum Gasteiger partial charge on any atom is 0.319 e. The molecule has 3 rings (SSSR count). The first-order valence-electron chi connectivity index (χ1n) is 8.41. The highest BCUT2D eigenvalue weighted by atomic mass is 35.5. The zero-order valence-corrected chi connectivity index (χ0v) is 15.5. The van der Waals surface area contributed by atoms with Crippen molar-refractivity contribution in [2.75, 3.05) is 37.0 Å². The molecule has 1 unspecified atom stereocenters. The molecule has 0 aliphatic carbocycles. The molecule has 1 heterocycles. The highest BCUT2D eigenvalue weighted by Gasteiger charge is 2.27. The number of morpholine rings is 1. The van der Waals surface area contributed by atoms with Crippen LogP contribution in [-0.4, -0.2) is 44.8 Å². The average molecular weight is 390 g/mol. The van der Waals surface area contributed by atoms with Crippen LogP contribution < -0.4 is 20.3 Å². The van der Waals surface area contributed by atoms with Gasteiger partial charge >= 0.3 is 6.03 Å². The van der Waals surface area contributed by atoms with Crippen LogP contribution in [0.15, 0.2) is 48.5 Å². The maximum atomic E-state index is 12.2. The van der Waals surface area contributed by atoms with E-state index in [0.29, 0.717) is 17.3 Å². The van der Waals surface area contributed by atoms with E-state index in [4.69, 9.17) is 21.1 Å². The zero-order chi connectivity index (χ0) is 19.2. The summed E-state index contributed by atoms with van der Waals surface area (Å²) in [7, 11) is 1.59. The molecule has 2 aromatic carbocycles. The fraction of sp³-hybridized carbons (Fsp3) is 0.263. The normalized spacial score (nSPS) is 16.7. The lowest BCUT2D eigenvalue weighted by Crippen LogP contribution is -2.51. The van der Waals surface area contributed by atoms with Gasteiger partial charge in [-0.15, -0.1) is 0 Å². The number of urea groups is 1. The summed E-state index contributed by atoms with van der Waals surface area (Å²) < 4.78 is 10.7. The third kappa shape index (κ3) is 5.12. The van der Waals surface area contributed by atoms with Crippen molar-refractivity contribution >= 4 is 34.9 Å². The number of nitrogens with zero attached hydrogens (tertiary/aromatic N) is 1. The van der Waals surface area contributed by atoms with Gasteiger partial charge in [-0.1, -0.05) is 17.7 Å². The summed E-state index contributed by atoms with van der Waals surface area (Å²) in [5.74, 6) is 0.593.